The van der Waals surface area contributed by atoms with Gasteiger partial charge in [0.25, 0.3) is 0 Å². The molecule has 0 spiro atoms. The summed E-state index contributed by atoms with van der Waals surface area (Å²) < 4.78 is 0. The Morgan fingerprint density at radius 1 is 1.14 bits per heavy atom. The Morgan fingerprint density at radius 2 is 1.71 bits per heavy atom. The van der Waals surface area contributed by atoms with Crippen molar-refractivity contribution >= 4 is 11.6 Å². The Balaban J connectivity index is 0.00000122. The molecule has 0 radical (unpaired) electrons. The molecule has 0 bridgehead atoms. The highest BCUT2D eigenvalue weighted by Crippen LogP contribution is 2.29. The Hall–Kier alpha value is -1.59. The van der Waals surface area contributed by atoms with Crippen LogP contribution in [0.25, 0.3) is 0 Å². The van der Waals surface area contributed by atoms with Crippen molar-refractivity contribution in [1.82, 2.24) is 10.4 Å². The van der Waals surface area contributed by atoms with Crippen LogP contribution in [0, 0.1) is 11.3 Å². The number of carbonyl (C=O) groups is 1. The molecular weight excluding hydrogens is 350 g/mol. The first kappa shape index (κ1) is 24.4. The van der Waals surface area contributed by atoms with Crippen molar-refractivity contribution in [3.05, 3.63) is 30.3 Å². The number of hydrogen-bond donors (Lipinski definition) is 3. The highest BCUT2D eigenvalue weighted by Gasteiger charge is 2.29. The quantitative estimate of drug-likeness (QED) is 0.434. The molecule has 0 saturated heterocycles. The van der Waals surface area contributed by atoms with Gasteiger partial charge >= 0.3 is 0 Å². The van der Waals surface area contributed by atoms with Gasteiger partial charge in [-0.2, -0.15) is 0 Å². The van der Waals surface area contributed by atoms with E-state index in [1.807, 2.05) is 19.9 Å². The Labute approximate surface area is 171 Å². The van der Waals surface area contributed by atoms with E-state index in [-0.39, 0.29) is 5.91 Å². The first-order valence-electron chi connectivity index (χ1n) is 10.8. The van der Waals surface area contributed by atoms with E-state index in [1.165, 1.54) is 44.2 Å². The lowest BCUT2D eigenvalue weighted by Crippen LogP contribution is -2.43. The average molecular weight is 392 g/mol. The Morgan fingerprint density at radius 3 is 2.25 bits per heavy atom. The minimum absolute atomic E-state index is 0.327. The van der Waals surface area contributed by atoms with Crippen molar-refractivity contribution in [2.75, 3.05) is 25.5 Å². The van der Waals surface area contributed by atoms with E-state index in [2.05, 4.69) is 55.4 Å². The number of rotatable bonds is 8. The van der Waals surface area contributed by atoms with Crippen LogP contribution < -0.4 is 10.8 Å². The molecule has 0 unspecified atom stereocenters. The summed E-state index contributed by atoms with van der Waals surface area (Å²) in [5.41, 5.74) is 2.40. The molecule has 1 aliphatic carbocycles. The van der Waals surface area contributed by atoms with Crippen LogP contribution >= 0.6 is 0 Å². The summed E-state index contributed by atoms with van der Waals surface area (Å²) in [4.78, 5) is 13.9. The number of carbonyl (C=O) groups excluding carboxylic acids is 1. The highest BCUT2D eigenvalue weighted by atomic mass is 16.5. The molecule has 3 N–H and O–H groups in total. The smallest absolute Gasteiger partial charge is 0.250 e. The van der Waals surface area contributed by atoms with Crippen LogP contribution in [0.4, 0.5) is 5.69 Å². The zero-order chi connectivity index (χ0) is 21.0. The van der Waals surface area contributed by atoms with Crippen LogP contribution in [0.2, 0.25) is 0 Å². The van der Waals surface area contributed by atoms with Crippen molar-refractivity contribution in [1.29, 1.82) is 0 Å². The fraction of sp³-hybridized carbons (Fsp3) is 0.696. The molecule has 5 nitrogen and oxygen atoms in total. The molecule has 0 heterocycles. The minimum atomic E-state index is -0.583. The number of nitrogens with one attached hydrogen (secondary N) is 2. The maximum absolute atomic E-state index is 11.7. The molecule has 1 aromatic rings. The maximum atomic E-state index is 11.7. The Bertz CT molecular complexity index is 540. The molecule has 28 heavy (non-hydrogen) atoms. The van der Waals surface area contributed by atoms with E-state index in [4.69, 9.17) is 5.21 Å². The van der Waals surface area contributed by atoms with Gasteiger partial charge < -0.3 is 10.2 Å². The minimum Gasteiger partial charge on any atom is -0.382 e. The molecule has 1 fully saturated rings. The topological polar surface area (TPSA) is 64.6 Å². The fourth-order valence-electron chi connectivity index (χ4n) is 3.75. The molecule has 5 heteroatoms. The first-order chi connectivity index (χ1) is 13.3. The van der Waals surface area contributed by atoms with E-state index in [0.29, 0.717) is 12.6 Å². The van der Waals surface area contributed by atoms with Crippen molar-refractivity contribution < 1.29 is 10.0 Å². The lowest BCUT2D eigenvalue weighted by Gasteiger charge is -2.32. The molecular formula is C23H41N3O2. The van der Waals surface area contributed by atoms with E-state index in [9.17, 15) is 4.79 Å². The number of hydrogen-bond acceptors (Lipinski definition) is 4. The molecule has 1 amide bonds. The van der Waals surface area contributed by atoms with Crippen LogP contribution in [0.3, 0.4) is 0 Å². The van der Waals surface area contributed by atoms with Crippen molar-refractivity contribution in [2.45, 2.75) is 72.3 Å². The van der Waals surface area contributed by atoms with Gasteiger partial charge in [-0.1, -0.05) is 38.5 Å². The molecule has 2 rings (SSSR count). The SMILES string of the molecule is CCC.CN(CCC1CCC(Nc2ccccc2)CC1)CC(C)(C)C(=O)NO. The lowest BCUT2D eigenvalue weighted by atomic mass is 9.83. The first-order valence-corrected chi connectivity index (χ1v) is 10.8. The highest BCUT2D eigenvalue weighted by molar-refractivity contribution is 5.80. The zero-order valence-corrected chi connectivity index (χ0v) is 18.5. The standard InChI is InChI=1S/C20H33N3O2.C3H8/c1-20(2,19(24)22-25)15-23(3)14-13-16-9-11-18(12-10-16)21-17-7-5-4-6-8-17;1-3-2/h4-8,16,18,21,25H,9-15H2,1-3H3,(H,22,24);3H2,1-2H3. The molecule has 1 saturated carbocycles. The summed E-state index contributed by atoms with van der Waals surface area (Å²) in [6.45, 7) is 9.60. The van der Waals surface area contributed by atoms with Crippen molar-refractivity contribution in [3.63, 3.8) is 0 Å². The van der Waals surface area contributed by atoms with Crippen LogP contribution in [-0.4, -0.2) is 42.2 Å². The summed E-state index contributed by atoms with van der Waals surface area (Å²) in [7, 11) is 2.05. The van der Waals surface area contributed by atoms with Crippen LogP contribution in [0.5, 0.6) is 0 Å². The summed E-state index contributed by atoms with van der Waals surface area (Å²) in [6.07, 6.45) is 7.40. The third-order valence-electron chi connectivity index (χ3n) is 5.29. The molecule has 1 aromatic carbocycles. The van der Waals surface area contributed by atoms with Gasteiger partial charge in [-0.05, 0) is 77.6 Å². The predicted molar refractivity (Wildman–Crippen MR) is 118 cm³/mol. The number of anilines is 1. The molecule has 0 aliphatic heterocycles. The average Bonchev–Trinajstić information content (AvgIpc) is 2.68. The fourth-order valence-corrected chi connectivity index (χ4v) is 3.75. The van der Waals surface area contributed by atoms with Crippen molar-refractivity contribution in [2.24, 2.45) is 11.3 Å². The predicted octanol–water partition coefficient (Wildman–Crippen LogP) is 4.93. The van der Waals surface area contributed by atoms with E-state index in [0.717, 1.165) is 12.5 Å². The summed E-state index contributed by atoms with van der Waals surface area (Å²) in [6, 6.07) is 11.0. The maximum Gasteiger partial charge on any atom is 0.250 e. The monoisotopic (exact) mass is 391 g/mol. The van der Waals surface area contributed by atoms with Gasteiger partial charge in [-0.15, -0.1) is 0 Å². The van der Waals surface area contributed by atoms with Gasteiger partial charge in [0.05, 0.1) is 5.41 Å². The van der Waals surface area contributed by atoms with E-state index >= 15 is 0 Å². The molecule has 0 atom stereocenters. The second kappa shape index (κ2) is 12.8. The molecule has 160 valence electrons. The van der Waals surface area contributed by atoms with Crippen molar-refractivity contribution in [3.8, 4) is 0 Å². The number of hydroxylamine groups is 1. The van der Waals surface area contributed by atoms with E-state index < -0.39 is 5.41 Å². The Kier molecular flexibility index (Phi) is 11.2. The van der Waals surface area contributed by atoms with Crippen LogP contribution in [-0.2, 0) is 4.79 Å². The number of benzene rings is 1. The lowest BCUT2D eigenvalue weighted by molar-refractivity contribution is -0.138. The zero-order valence-electron chi connectivity index (χ0n) is 18.5. The van der Waals surface area contributed by atoms with Gasteiger partial charge in [0.15, 0.2) is 0 Å². The molecule has 0 aromatic heterocycles. The van der Waals surface area contributed by atoms with Crippen LogP contribution in [0.15, 0.2) is 30.3 Å². The summed E-state index contributed by atoms with van der Waals surface area (Å²) >= 11 is 0. The summed E-state index contributed by atoms with van der Waals surface area (Å²) in [5.74, 6) is 0.442. The van der Waals surface area contributed by atoms with Gasteiger partial charge in [-0.25, -0.2) is 5.48 Å². The van der Waals surface area contributed by atoms with E-state index in [1.54, 1.807) is 5.48 Å². The van der Waals surface area contributed by atoms with Gasteiger partial charge in [0, 0.05) is 18.3 Å². The number of amides is 1. The normalized spacial score (nSPS) is 19.5. The van der Waals surface area contributed by atoms with Crippen LogP contribution in [0.1, 0.15) is 66.2 Å². The largest absolute Gasteiger partial charge is 0.382 e. The van der Waals surface area contributed by atoms with Gasteiger partial charge in [0.1, 0.15) is 0 Å². The second-order valence-corrected chi connectivity index (χ2v) is 8.79. The number of para-hydroxylation sites is 1. The molecule has 1 aliphatic rings. The summed E-state index contributed by atoms with van der Waals surface area (Å²) in [5, 5.41) is 12.5. The third kappa shape index (κ3) is 9.07. The van der Waals surface area contributed by atoms with Gasteiger partial charge in [-0.3, -0.25) is 10.0 Å². The number of nitrogens with zero attached hydrogens (tertiary/aromatic N) is 1. The third-order valence-corrected chi connectivity index (χ3v) is 5.29. The van der Waals surface area contributed by atoms with Gasteiger partial charge in [0.2, 0.25) is 5.91 Å². The second-order valence-electron chi connectivity index (χ2n) is 8.79.